The molecule has 0 unspecified atom stereocenters. The number of hydrogen-bond donors (Lipinski definition) is 0. The Morgan fingerprint density at radius 2 is 0.583 bits per heavy atom. The fourth-order valence-electron chi connectivity index (χ4n) is 0. The second-order valence-electron chi connectivity index (χ2n) is 0.756. The van der Waals surface area contributed by atoms with Gasteiger partial charge in [0.1, 0.15) is 0 Å². The molecule has 0 saturated carbocycles. The van der Waals surface area contributed by atoms with E-state index in [1.807, 2.05) is 0 Å². The third kappa shape index (κ3) is 251. The van der Waals surface area contributed by atoms with Crippen molar-refractivity contribution in [2.75, 3.05) is 0 Å². The summed E-state index contributed by atoms with van der Waals surface area (Å²) in [5, 5.41) is 0. The first-order valence-electron chi connectivity index (χ1n) is 1.23. The average molecular weight is 318 g/mol. The summed E-state index contributed by atoms with van der Waals surface area (Å²) in [5.41, 5.74) is 0. The molecule has 0 aliphatic rings. The quantitative estimate of drug-likeness (QED) is 0.399. The molecule has 0 rings (SSSR count). The monoisotopic (exact) mass is 318 g/mol. The van der Waals surface area contributed by atoms with Gasteiger partial charge in [-0.15, -0.1) is 0 Å². The minimum atomic E-state index is -5.62. The third-order valence-corrected chi connectivity index (χ3v) is 0. The van der Waals surface area contributed by atoms with E-state index in [4.69, 9.17) is 32.1 Å². The van der Waals surface area contributed by atoms with Crippen molar-refractivity contribution in [1.29, 1.82) is 0 Å². The molecule has 0 saturated heterocycles. The van der Waals surface area contributed by atoms with Gasteiger partial charge < -0.3 is 0 Å². The molecule has 0 aromatic rings. The van der Waals surface area contributed by atoms with E-state index in [2.05, 4.69) is 0 Å². The zero-order valence-corrected chi connectivity index (χ0v) is 12.2. The second-order valence-corrected chi connectivity index (χ2v) is 3.12. The standard InChI is InChI=1S/2Ca.2Mn.8O/q2*+2;;;;;;;4*-1. The van der Waals surface area contributed by atoms with Crippen LogP contribution in [-0.2, 0) is 42.1 Å². The minimum absolute atomic E-state index is 0. The van der Waals surface area contributed by atoms with Crippen molar-refractivity contribution in [3.05, 3.63) is 0 Å². The van der Waals surface area contributed by atoms with Gasteiger partial charge in [-0.1, -0.05) is 0 Å². The van der Waals surface area contributed by atoms with Crippen LogP contribution in [0.3, 0.4) is 0 Å². The molecule has 0 fully saturated rings. The van der Waals surface area contributed by atoms with Gasteiger partial charge in [-0.05, 0) is 0 Å². The fraction of sp³-hybridized carbons (Fsp3) is 0. The van der Waals surface area contributed by atoms with E-state index in [0.29, 0.717) is 0 Å². The zero-order chi connectivity index (χ0) is 9.00. The van der Waals surface area contributed by atoms with Crippen LogP contribution in [0.15, 0.2) is 0 Å². The van der Waals surface area contributed by atoms with Crippen molar-refractivity contribution in [3.63, 3.8) is 0 Å². The van der Waals surface area contributed by atoms with E-state index in [1.54, 1.807) is 0 Å². The van der Waals surface area contributed by atoms with Crippen LogP contribution in [0.1, 0.15) is 0 Å². The molecular weight excluding hydrogens is 318 g/mol. The third-order valence-electron chi connectivity index (χ3n) is 0. The Bertz CT molecular complexity index is 211. The van der Waals surface area contributed by atoms with Gasteiger partial charge in [0.2, 0.25) is 0 Å². The molecule has 0 bridgehead atoms. The molecule has 0 aromatic carbocycles. The summed E-state index contributed by atoms with van der Waals surface area (Å²) in [6.45, 7) is 0. The van der Waals surface area contributed by atoms with E-state index < -0.39 is 26.7 Å². The molecular formula is Ca2Mn2O8. The molecule has 0 radical (unpaired) electrons. The number of hydrogen-bond acceptors (Lipinski definition) is 8. The first-order valence-corrected chi connectivity index (χ1v) is 5.09. The van der Waals surface area contributed by atoms with Crippen molar-refractivity contribution >= 4 is 75.5 Å². The summed E-state index contributed by atoms with van der Waals surface area (Å²) >= 11 is -11.2. The summed E-state index contributed by atoms with van der Waals surface area (Å²) in [7, 11) is 0. The first-order chi connectivity index (χ1) is 4.00. The van der Waals surface area contributed by atoms with Crippen molar-refractivity contribution in [3.8, 4) is 0 Å². The molecule has 12 heavy (non-hydrogen) atoms. The second kappa shape index (κ2) is 10.1. The van der Waals surface area contributed by atoms with Crippen LogP contribution in [-0.4, -0.2) is 75.5 Å². The topological polar surface area (TPSA) is 161 Å². The van der Waals surface area contributed by atoms with Crippen LogP contribution in [0.25, 0.3) is 0 Å². The summed E-state index contributed by atoms with van der Waals surface area (Å²) < 4.78 is 68.6. The van der Waals surface area contributed by atoms with Gasteiger partial charge in [-0.2, -0.15) is 0 Å². The maximum absolute atomic E-state index is 8.58. The van der Waals surface area contributed by atoms with E-state index in [1.165, 1.54) is 0 Å². The van der Waals surface area contributed by atoms with Crippen LogP contribution >= 0.6 is 0 Å². The Kier molecular flexibility index (Phi) is 20.3. The average Bonchev–Trinajstić information content (AvgIpc) is 1.12. The Morgan fingerprint density at radius 3 is 0.583 bits per heavy atom. The number of rotatable bonds is 0. The van der Waals surface area contributed by atoms with E-state index in [0.717, 1.165) is 0 Å². The van der Waals surface area contributed by atoms with E-state index in [9.17, 15) is 0 Å². The molecule has 0 heterocycles. The van der Waals surface area contributed by atoms with Crippen molar-refractivity contribution < 1.29 is 58.8 Å². The molecule has 0 N–H and O–H groups in total. The van der Waals surface area contributed by atoms with Crippen molar-refractivity contribution in [2.24, 2.45) is 0 Å². The van der Waals surface area contributed by atoms with Crippen LogP contribution in [0.2, 0.25) is 0 Å². The Morgan fingerprint density at radius 1 is 0.583 bits per heavy atom. The SMILES string of the molecule is [Ca+2].[Ca+2].[O]=[Mn](=[O])([O-])[O-].[O]=[Mn](=[O])([O-])[O-]. The molecule has 12 heteroatoms. The summed E-state index contributed by atoms with van der Waals surface area (Å²) in [5.74, 6) is 0. The molecule has 8 nitrogen and oxygen atoms in total. The molecule has 0 aromatic heterocycles. The Balaban J connectivity index is -0.0000000457. The summed E-state index contributed by atoms with van der Waals surface area (Å²) in [4.78, 5) is 0. The molecule has 0 amide bonds. The van der Waals surface area contributed by atoms with Crippen molar-refractivity contribution in [2.45, 2.75) is 0 Å². The van der Waals surface area contributed by atoms with Crippen LogP contribution in [0.4, 0.5) is 0 Å². The summed E-state index contributed by atoms with van der Waals surface area (Å²) in [6, 6.07) is 0. The van der Waals surface area contributed by atoms with Crippen molar-refractivity contribution in [1.82, 2.24) is 0 Å². The summed E-state index contributed by atoms with van der Waals surface area (Å²) in [6.07, 6.45) is 0. The zero-order valence-electron chi connectivity index (χ0n) is 5.44. The van der Waals surface area contributed by atoms with Gasteiger partial charge >= 0.3 is 134 Å². The first kappa shape index (κ1) is 24.0. The fourth-order valence-corrected chi connectivity index (χ4v) is 0. The van der Waals surface area contributed by atoms with E-state index >= 15 is 0 Å². The Labute approximate surface area is 132 Å². The predicted octanol–water partition coefficient (Wildman–Crippen LogP) is -6.00. The van der Waals surface area contributed by atoms with Gasteiger partial charge in [-0.25, -0.2) is 0 Å². The normalized spacial score (nSPS) is 9.67. The van der Waals surface area contributed by atoms with Gasteiger partial charge in [-0.3, -0.25) is 0 Å². The molecule has 66 valence electrons. The van der Waals surface area contributed by atoms with Gasteiger partial charge in [0.15, 0.2) is 0 Å². The molecule has 0 atom stereocenters. The van der Waals surface area contributed by atoms with Crippen LogP contribution < -0.4 is 16.8 Å². The predicted molar refractivity (Wildman–Crippen MR) is 14.3 cm³/mol. The van der Waals surface area contributed by atoms with Crippen LogP contribution in [0.5, 0.6) is 0 Å². The van der Waals surface area contributed by atoms with Gasteiger partial charge in [0.05, 0.1) is 0 Å². The molecule has 0 aliphatic heterocycles. The maximum atomic E-state index is 8.58. The van der Waals surface area contributed by atoms with Gasteiger partial charge in [0.25, 0.3) is 0 Å². The molecule has 0 aliphatic carbocycles. The molecule has 0 spiro atoms. The van der Waals surface area contributed by atoms with E-state index in [-0.39, 0.29) is 75.5 Å². The van der Waals surface area contributed by atoms with Crippen LogP contribution in [0, 0.1) is 0 Å². The Hall–Kier alpha value is 2.60. The van der Waals surface area contributed by atoms with Gasteiger partial charge in [0, 0.05) is 0 Å².